The number of hydrogen-bond acceptors (Lipinski definition) is 3. The molecule has 5 nitrogen and oxygen atoms in total. The van der Waals surface area contributed by atoms with Crippen molar-refractivity contribution in [2.45, 2.75) is 45.3 Å². The zero-order valence-corrected chi connectivity index (χ0v) is 12.5. The highest BCUT2D eigenvalue weighted by molar-refractivity contribution is 5.86. The lowest BCUT2D eigenvalue weighted by atomic mass is 9.98. The van der Waals surface area contributed by atoms with Gasteiger partial charge < -0.3 is 15.4 Å². The molecule has 1 aromatic carbocycles. The van der Waals surface area contributed by atoms with E-state index in [1.54, 1.807) is 0 Å². The van der Waals surface area contributed by atoms with E-state index in [0.717, 1.165) is 12.0 Å². The number of ether oxygens (including phenoxy) is 1. The molecule has 1 atom stereocenters. The topological polar surface area (TPSA) is 67.4 Å². The number of piperidine rings is 1. The molecule has 5 heteroatoms. The zero-order valence-electron chi connectivity index (χ0n) is 12.5. The van der Waals surface area contributed by atoms with Gasteiger partial charge in [-0.15, -0.1) is 0 Å². The second-order valence-electron chi connectivity index (χ2n) is 5.56. The van der Waals surface area contributed by atoms with Crippen molar-refractivity contribution in [2.24, 2.45) is 0 Å². The van der Waals surface area contributed by atoms with Crippen LogP contribution < -0.4 is 10.6 Å². The van der Waals surface area contributed by atoms with Gasteiger partial charge in [-0.25, -0.2) is 4.79 Å². The SMILES string of the molecule is CC(C)c1ccccc1COC(=O)N[C@H]1CCCNC1=O. The molecule has 1 fully saturated rings. The standard InChI is InChI=1S/C16H22N2O3/c1-11(2)13-7-4-3-6-12(13)10-21-16(20)18-14-8-5-9-17-15(14)19/h3-4,6-7,11,14H,5,8-10H2,1-2H3,(H,17,19)(H,18,20)/t14-/m0/s1. The van der Waals surface area contributed by atoms with E-state index in [9.17, 15) is 9.59 Å². The van der Waals surface area contributed by atoms with Crippen LogP contribution >= 0.6 is 0 Å². The van der Waals surface area contributed by atoms with Gasteiger partial charge in [0.2, 0.25) is 5.91 Å². The Kier molecular flexibility index (Phi) is 5.20. The molecule has 0 spiro atoms. The van der Waals surface area contributed by atoms with Crippen LogP contribution in [0.1, 0.15) is 43.7 Å². The smallest absolute Gasteiger partial charge is 0.408 e. The largest absolute Gasteiger partial charge is 0.445 e. The third-order valence-corrected chi connectivity index (χ3v) is 3.61. The second kappa shape index (κ2) is 7.11. The predicted molar refractivity (Wildman–Crippen MR) is 79.9 cm³/mol. The van der Waals surface area contributed by atoms with Gasteiger partial charge in [0.15, 0.2) is 0 Å². The van der Waals surface area contributed by atoms with Crippen LogP contribution in [-0.4, -0.2) is 24.6 Å². The summed E-state index contributed by atoms with van der Waals surface area (Å²) in [6.07, 6.45) is 0.978. The fourth-order valence-corrected chi connectivity index (χ4v) is 2.47. The minimum absolute atomic E-state index is 0.138. The minimum atomic E-state index is -0.546. The number of hydrogen-bond donors (Lipinski definition) is 2. The predicted octanol–water partition coefficient (Wildman–Crippen LogP) is 2.31. The maximum atomic E-state index is 11.8. The molecule has 1 aromatic rings. The Hall–Kier alpha value is -2.04. The van der Waals surface area contributed by atoms with E-state index in [2.05, 4.69) is 24.5 Å². The highest BCUT2D eigenvalue weighted by Crippen LogP contribution is 2.19. The highest BCUT2D eigenvalue weighted by atomic mass is 16.5. The molecule has 1 saturated heterocycles. The molecule has 0 radical (unpaired) electrons. The van der Waals surface area contributed by atoms with Crippen LogP contribution in [0.15, 0.2) is 24.3 Å². The molecule has 2 N–H and O–H groups in total. The van der Waals surface area contributed by atoms with E-state index in [1.807, 2.05) is 24.3 Å². The van der Waals surface area contributed by atoms with Crippen molar-refractivity contribution in [2.75, 3.05) is 6.54 Å². The molecule has 114 valence electrons. The van der Waals surface area contributed by atoms with Crippen LogP contribution in [-0.2, 0) is 16.1 Å². The number of carbonyl (C=O) groups is 2. The normalized spacial score (nSPS) is 18.2. The molecule has 0 saturated carbocycles. The summed E-state index contributed by atoms with van der Waals surface area (Å²) in [5.74, 6) is 0.234. The van der Waals surface area contributed by atoms with Gasteiger partial charge in [0.25, 0.3) is 0 Å². The Labute approximate surface area is 125 Å². The molecule has 2 amide bonds. The summed E-state index contributed by atoms with van der Waals surface area (Å²) in [5.41, 5.74) is 2.16. The van der Waals surface area contributed by atoms with Crippen LogP contribution in [0.2, 0.25) is 0 Å². The average molecular weight is 290 g/mol. The third-order valence-electron chi connectivity index (χ3n) is 3.61. The molecule has 21 heavy (non-hydrogen) atoms. The van der Waals surface area contributed by atoms with Gasteiger partial charge in [0, 0.05) is 6.54 Å². The quantitative estimate of drug-likeness (QED) is 0.894. The Morgan fingerprint density at radius 3 is 2.90 bits per heavy atom. The number of amides is 2. The lowest BCUT2D eigenvalue weighted by molar-refractivity contribution is -0.124. The zero-order chi connectivity index (χ0) is 15.2. The molecule has 0 aromatic heterocycles. The van der Waals surface area contributed by atoms with E-state index in [1.165, 1.54) is 5.56 Å². The van der Waals surface area contributed by atoms with Crippen molar-refractivity contribution < 1.29 is 14.3 Å². The van der Waals surface area contributed by atoms with Gasteiger partial charge in [-0.1, -0.05) is 38.1 Å². The lowest BCUT2D eigenvalue weighted by Gasteiger charge is -2.22. The summed E-state index contributed by atoms with van der Waals surface area (Å²) in [7, 11) is 0. The third kappa shape index (κ3) is 4.21. The maximum Gasteiger partial charge on any atom is 0.408 e. The number of rotatable bonds is 4. The van der Waals surface area contributed by atoms with Crippen LogP contribution in [0.5, 0.6) is 0 Å². The molecule has 0 bridgehead atoms. The fraction of sp³-hybridized carbons (Fsp3) is 0.500. The number of alkyl carbamates (subject to hydrolysis) is 1. The van der Waals surface area contributed by atoms with Gasteiger partial charge in [0.05, 0.1) is 0 Å². The molecule has 0 aliphatic carbocycles. The minimum Gasteiger partial charge on any atom is -0.445 e. The Balaban J connectivity index is 1.88. The molecular weight excluding hydrogens is 268 g/mol. The average Bonchev–Trinajstić information content (AvgIpc) is 2.48. The summed E-state index contributed by atoms with van der Waals surface area (Å²) in [6, 6.07) is 7.42. The Morgan fingerprint density at radius 1 is 1.43 bits per heavy atom. The van der Waals surface area contributed by atoms with Crippen LogP contribution in [0.3, 0.4) is 0 Å². The summed E-state index contributed by atoms with van der Waals surface area (Å²) < 4.78 is 5.24. The van der Waals surface area contributed by atoms with Gasteiger partial charge in [0.1, 0.15) is 12.6 Å². The Morgan fingerprint density at radius 2 is 2.19 bits per heavy atom. The van der Waals surface area contributed by atoms with Gasteiger partial charge >= 0.3 is 6.09 Å². The highest BCUT2D eigenvalue weighted by Gasteiger charge is 2.24. The van der Waals surface area contributed by atoms with Crippen LogP contribution in [0.4, 0.5) is 4.79 Å². The first-order valence-corrected chi connectivity index (χ1v) is 7.36. The van der Waals surface area contributed by atoms with Gasteiger partial charge in [-0.2, -0.15) is 0 Å². The number of nitrogens with one attached hydrogen (secondary N) is 2. The first kappa shape index (κ1) is 15.4. The first-order valence-electron chi connectivity index (χ1n) is 7.36. The second-order valence-corrected chi connectivity index (χ2v) is 5.56. The van der Waals surface area contributed by atoms with Crippen molar-refractivity contribution in [1.29, 1.82) is 0 Å². The van der Waals surface area contributed by atoms with E-state index >= 15 is 0 Å². The summed E-state index contributed by atoms with van der Waals surface area (Å²) >= 11 is 0. The van der Waals surface area contributed by atoms with Gasteiger partial charge in [-0.05, 0) is 29.9 Å². The van der Waals surface area contributed by atoms with Crippen molar-refractivity contribution in [1.82, 2.24) is 10.6 Å². The van der Waals surface area contributed by atoms with Crippen LogP contribution in [0, 0.1) is 0 Å². The van der Waals surface area contributed by atoms with E-state index in [0.29, 0.717) is 18.9 Å². The molecule has 1 aliphatic rings. The van der Waals surface area contributed by atoms with Crippen molar-refractivity contribution >= 4 is 12.0 Å². The summed E-state index contributed by atoms with van der Waals surface area (Å²) in [6.45, 7) is 5.10. The number of carbonyl (C=O) groups excluding carboxylic acids is 2. The lowest BCUT2D eigenvalue weighted by Crippen LogP contribution is -2.50. The molecule has 1 aliphatic heterocycles. The summed E-state index contributed by atoms with van der Waals surface area (Å²) in [5, 5.41) is 5.34. The van der Waals surface area contributed by atoms with Crippen molar-refractivity contribution in [3.8, 4) is 0 Å². The maximum absolute atomic E-state index is 11.8. The molecule has 1 heterocycles. The number of benzene rings is 1. The summed E-state index contributed by atoms with van der Waals surface area (Å²) in [4.78, 5) is 23.4. The Bertz CT molecular complexity index is 514. The van der Waals surface area contributed by atoms with Gasteiger partial charge in [-0.3, -0.25) is 4.79 Å². The molecular formula is C16H22N2O3. The fourth-order valence-electron chi connectivity index (χ4n) is 2.47. The monoisotopic (exact) mass is 290 g/mol. The molecule has 0 unspecified atom stereocenters. The van der Waals surface area contributed by atoms with E-state index in [-0.39, 0.29) is 12.5 Å². The van der Waals surface area contributed by atoms with Crippen molar-refractivity contribution in [3.63, 3.8) is 0 Å². The van der Waals surface area contributed by atoms with Crippen LogP contribution in [0.25, 0.3) is 0 Å². The van der Waals surface area contributed by atoms with E-state index in [4.69, 9.17) is 4.74 Å². The molecule has 2 rings (SSSR count). The first-order chi connectivity index (χ1) is 10.1. The van der Waals surface area contributed by atoms with E-state index < -0.39 is 12.1 Å². The van der Waals surface area contributed by atoms with Crippen molar-refractivity contribution in [3.05, 3.63) is 35.4 Å².